The van der Waals surface area contributed by atoms with E-state index in [1.54, 1.807) is 0 Å². The number of phosphoric ester groups is 1. The average molecular weight is 772 g/mol. The normalized spacial score (nSPS) is 13.8. The Morgan fingerprint density at radius 3 is 1.53 bits per heavy atom. The molecule has 0 aliphatic heterocycles. The standard InChI is InChI=1S/C43H82NO8P/c1-6-8-10-12-14-16-18-20-21-22-23-24-26-27-29-31-33-35-42(45)49-39-41(40-51-53(47,48)50-38-37-44(3,4)5)52-43(46)36-34-32-30-28-25-19-17-15-13-11-9-7-2/h14,16,20-21,41H,6-13,15,17-19,22-40H2,1-5H3/b16-14-,21-20-/t41-/m1/s1. The molecule has 9 nitrogen and oxygen atoms in total. The van der Waals surface area contributed by atoms with Crippen LogP contribution in [0.4, 0.5) is 0 Å². The molecule has 0 radical (unpaired) electrons. The van der Waals surface area contributed by atoms with Gasteiger partial charge in [0.15, 0.2) is 6.10 Å². The van der Waals surface area contributed by atoms with E-state index in [9.17, 15) is 19.0 Å². The number of carbonyl (C=O) groups excluding carboxylic acids is 2. The number of ether oxygens (including phenoxy) is 2. The van der Waals surface area contributed by atoms with Crippen LogP contribution in [0.1, 0.15) is 187 Å². The van der Waals surface area contributed by atoms with Gasteiger partial charge >= 0.3 is 11.9 Å². The number of phosphoric acid groups is 1. The average Bonchev–Trinajstić information content (AvgIpc) is 3.10. The van der Waals surface area contributed by atoms with Crippen molar-refractivity contribution in [3.8, 4) is 0 Å². The fourth-order valence-corrected chi connectivity index (χ4v) is 6.53. The predicted molar refractivity (Wildman–Crippen MR) is 218 cm³/mol. The first-order valence-corrected chi connectivity index (χ1v) is 23.0. The Morgan fingerprint density at radius 1 is 0.585 bits per heavy atom. The lowest BCUT2D eigenvalue weighted by Gasteiger charge is -2.28. The number of quaternary nitrogens is 1. The zero-order valence-corrected chi connectivity index (χ0v) is 35.9. The molecule has 0 bridgehead atoms. The third-order valence-corrected chi connectivity index (χ3v) is 10.2. The zero-order valence-electron chi connectivity index (χ0n) is 35.0. The van der Waals surface area contributed by atoms with Gasteiger partial charge in [-0.15, -0.1) is 0 Å². The molecule has 0 aliphatic carbocycles. The Balaban J connectivity index is 4.35. The van der Waals surface area contributed by atoms with Crippen LogP contribution in [0.3, 0.4) is 0 Å². The molecule has 312 valence electrons. The molecule has 2 atom stereocenters. The first-order chi connectivity index (χ1) is 25.5. The van der Waals surface area contributed by atoms with E-state index in [0.717, 1.165) is 51.4 Å². The Labute approximate surface area is 326 Å². The van der Waals surface area contributed by atoms with Crippen molar-refractivity contribution < 1.29 is 42.1 Å². The SMILES string of the molecule is CCCCC/C=C\C/C=C\CCCCCCCCCC(=O)OC[C@H](COP(=O)([O-])OCC[N+](C)(C)C)OC(=O)CCCCCCCCCCCCCC. The van der Waals surface area contributed by atoms with Gasteiger partial charge in [-0.2, -0.15) is 0 Å². The molecular weight excluding hydrogens is 689 g/mol. The predicted octanol–water partition coefficient (Wildman–Crippen LogP) is 11.3. The van der Waals surface area contributed by atoms with Gasteiger partial charge in [-0.05, 0) is 44.9 Å². The minimum absolute atomic E-state index is 0.0304. The quantitative estimate of drug-likeness (QED) is 0.0200. The molecule has 0 fully saturated rings. The Kier molecular flexibility index (Phi) is 35.1. The molecule has 53 heavy (non-hydrogen) atoms. The van der Waals surface area contributed by atoms with Crippen LogP contribution < -0.4 is 4.89 Å². The summed E-state index contributed by atoms with van der Waals surface area (Å²) in [5.74, 6) is -0.839. The number of esters is 2. The van der Waals surface area contributed by atoms with E-state index in [1.165, 1.54) is 103 Å². The lowest BCUT2D eigenvalue weighted by atomic mass is 10.0. The monoisotopic (exact) mass is 772 g/mol. The Morgan fingerprint density at radius 2 is 1.02 bits per heavy atom. The minimum atomic E-state index is -4.62. The highest BCUT2D eigenvalue weighted by Crippen LogP contribution is 2.38. The molecule has 0 aromatic heterocycles. The molecule has 0 saturated carbocycles. The van der Waals surface area contributed by atoms with Crippen LogP contribution in [0.2, 0.25) is 0 Å². The number of unbranched alkanes of at least 4 members (excludes halogenated alkanes) is 21. The summed E-state index contributed by atoms with van der Waals surface area (Å²) in [6.07, 6.45) is 37.7. The molecular formula is C43H82NO8P. The maximum absolute atomic E-state index is 12.6. The van der Waals surface area contributed by atoms with Crippen molar-refractivity contribution in [3.63, 3.8) is 0 Å². The van der Waals surface area contributed by atoms with E-state index >= 15 is 0 Å². The van der Waals surface area contributed by atoms with Crippen molar-refractivity contribution >= 4 is 19.8 Å². The zero-order chi connectivity index (χ0) is 39.3. The third kappa shape index (κ3) is 40.0. The van der Waals surface area contributed by atoms with Crippen LogP contribution in [-0.4, -0.2) is 70.0 Å². The van der Waals surface area contributed by atoms with Gasteiger partial charge in [-0.3, -0.25) is 14.2 Å². The van der Waals surface area contributed by atoms with E-state index in [1.807, 2.05) is 21.1 Å². The van der Waals surface area contributed by atoms with Crippen molar-refractivity contribution in [2.75, 3.05) is 47.5 Å². The highest BCUT2D eigenvalue weighted by atomic mass is 31.2. The van der Waals surface area contributed by atoms with Gasteiger partial charge in [-0.25, -0.2) is 0 Å². The second kappa shape index (κ2) is 36.1. The van der Waals surface area contributed by atoms with Gasteiger partial charge in [0.05, 0.1) is 27.7 Å². The number of hydrogen-bond donors (Lipinski definition) is 0. The van der Waals surface area contributed by atoms with E-state index < -0.39 is 26.5 Å². The molecule has 0 amide bonds. The van der Waals surface area contributed by atoms with Crippen molar-refractivity contribution in [3.05, 3.63) is 24.3 Å². The molecule has 0 aliphatic rings. The molecule has 0 heterocycles. The summed E-state index contributed by atoms with van der Waals surface area (Å²) in [5, 5.41) is 0. The number of hydrogen-bond acceptors (Lipinski definition) is 8. The molecule has 0 spiro atoms. The van der Waals surface area contributed by atoms with Crippen LogP contribution in [0.15, 0.2) is 24.3 Å². The largest absolute Gasteiger partial charge is 0.756 e. The Bertz CT molecular complexity index is 964. The molecule has 10 heteroatoms. The third-order valence-electron chi connectivity index (χ3n) is 9.22. The summed E-state index contributed by atoms with van der Waals surface area (Å²) in [7, 11) is 1.16. The summed E-state index contributed by atoms with van der Waals surface area (Å²) < 4.78 is 33.8. The van der Waals surface area contributed by atoms with E-state index in [2.05, 4.69) is 38.2 Å². The molecule has 0 rings (SSSR count). The number of carbonyl (C=O) groups is 2. The molecule has 0 aromatic carbocycles. The Hall–Kier alpha value is -1.51. The lowest BCUT2D eigenvalue weighted by Crippen LogP contribution is -2.37. The van der Waals surface area contributed by atoms with Crippen LogP contribution in [0.25, 0.3) is 0 Å². The van der Waals surface area contributed by atoms with Crippen molar-refractivity contribution in [1.82, 2.24) is 0 Å². The van der Waals surface area contributed by atoms with Crippen LogP contribution in [-0.2, 0) is 32.7 Å². The van der Waals surface area contributed by atoms with Gasteiger partial charge in [-0.1, -0.05) is 154 Å². The van der Waals surface area contributed by atoms with Gasteiger partial charge < -0.3 is 27.9 Å². The number of nitrogens with zero attached hydrogens (tertiary/aromatic N) is 1. The highest BCUT2D eigenvalue weighted by Gasteiger charge is 2.21. The van der Waals surface area contributed by atoms with Crippen molar-refractivity contribution in [2.24, 2.45) is 0 Å². The molecule has 0 saturated heterocycles. The maximum Gasteiger partial charge on any atom is 0.306 e. The van der Waals surface area contributed by atoms with Crippen molar-refractivity contribution in [1.29, 1.82) is 0 Å². The second-order valence-corrected chi connectivity index (χ2v) is 17.1. The summed E-state index contributed by atoms with van der Waals surface area (Å²) in [4.78, 5) is 37.4. The number of rotatable bonds is 39. The lowest BCUT2D eigenvalue weighted by molar-refractivity contribution is -0.870. The molecule has 1 unspecified atom stereocenters. The summed E-state index contributed by atoms with van der Waals surface area (Å²) in [5.41, 5.74) is 0. The second-order valence-electron chi connectivity index (χ2n) is 15.7. The first kappa shape index (κ1) is 51.5. The van der Waals surface area contributed by atoms with Gasteiger partial charge in [0, 0.05) is 12.8 Å². The summed E-state index contributed by atoms with van der Waals surface area (Å²) in [6, 6.07) is 0. The highest BCUT2D eigenvalue weighted by molar-refractivity contribution is 7.45. The fourth-order valence-electron chi connectivity index (χ4n) is 5.80. The topological polar surface area (TPSA) is 111 Å². The van der Waals surface area contributed by atoms with Crippen LogP contribution >= 0.6 is 7.82 Å². The number of allylic oxidation sites excluding steroid dienone is 4. The smallest absolute Gasteiger partial charge is 0.306 e. The molecule has 0 aromatic rings. The summed E-state index contributed by atoms with van der Waals surface area (Å²) in [6.45, 7) is 4.19. The number of likely N-dealkylation sites (N-methyl/N-ethyl adjacent to an activating group) is 1. The van der Waals surface area contributed by atoms with Gasteiger partial charge in [0.1, 0.15) is 19.8 Å². The van der Waals surface area contributed by atoms with E-state index in [0.29, 0.717) is 17.4 Å². The first-order valence-electron chi connectivity index (χ1n) is 21.5. The fraction of sp³-hybridized carbons (Fsp3) is 0.860. The summed E-state index contributed by atoms with van der Waals surface area (Å²) >= 11 is 0. The van der Waals surface area contributed by atoms with E-state index in [4.69, 9.17) is 18.5 Å². The van der Waals surface area contributed by atoms with E-state index in [-0.39, 0.29) is 32.0 Å². The van der Waals surface area contributed by atoms with Crippen molar-refractivity contribution in [2.45, 2.75) is 193 Å². The van der Waals surface area contributed by atoms with Gasteiger partial charge in [0.25, 0.3) is 7.82 Å². The van der Waals surface area contributed by atoms with Gasteiger partial charge in [0.2, 0.25) is 0 Å². The molecule has 0 N–H and O–H groups in total. The van der Waals surface area contributed by atoms with Crippen LogP contribution in [0, 0.1) is 0 Å². The minimum Gasteiger partial charge on any atom is -0.756 e. The maximum atomic E-state index is 12.6. The van der Waals surface area contributed by atoms with Crippen LogP contribution in [0.5, 0.6) is 0 Å².